The number of ether oxygens (including phenoxy) is 1. The SMILES string of the molecule is CC(C)(C)OC(=O)CN1C(=O)NC(=Cc2ccco2)C1=O. The molecule has 1 fully saturated rings. The number of urea groups is 1. The molecular weight excluding hydrogens is 276 g/mol. The number of carbonyl (C=O) groups is 3. The second-order valence-corrected chi connectivity index (χ2v) is 5.48. The lowest BCUT2D eigenvalue weighted by molar-refractivity contribution is -0.156. The lowest BCUT2D eigenvalue weighted by atomic mass is 10.2. The van der Waals surface area contributed by atoms with Crippen LogP contribution in [0.3, 0.4) is 0 Å². The summed E-state index contributed by atoms with van der Waals surface area (Å²) in [7, 11) is 0. The van der Waals surface area contributed by atoms with Gasteiger partial charge in [-0.05, 0) is 32.9 Å². The number of hydrogen-bond donors (Lipinski definition) is 1. The van der Waals surface area contributed by atoms with E-state index in [2.05, 4.69) is 5.32 Å². The van der Waals surface area contributed by atoms with Crippen LogP contribution in [-0.2, 0) is 14.3 Å². The van der Waals surface area contributed by atoms with E-state index in [-0.39, 0.29) is 5.70 Å². The molecule has 7 nitrogen and oxygen atoms in total. The first kappa shape index (κ1) is 14.8. The Morgan fingerprint density at radius 2 is 2.14 bits per heavy atom. The largest absolute Gasteiger partial charge is 0.465 e. The van der Waals surface area contributed by atoms with Crippen molar-refractivity contribution in [3.05, 3.63) is 29.9 Å². The molecule has 1 aromatic heterocycles. The number of amides is 3. The Labute approximate surface area is 121 Å². The maximum absolute atomic E-state index is 12.1. The van der Waals surface area contributed by atoms with Crippen molar-refractivity contribution in [3.8, 4) is 0 Å². The number of nitrogens with one attached hydrogen (secondary N) is 1. The zero-order chi connectivity index (χ0) is 15.6. The Bertz CT molecular complexity index is 595. The third-order valence-electron chi connectivity index (χ3n) is 2.50. The van der Waals surface area contributed by atoms with Gasteiger partial charge in [0, 0.05) is 6.08 Å². The summed E-state index contributed by atoms with van der Waals surface area (Å²) in [6.45, 7) is 4.69. The van der Waals surface area contributed by atoms with E-state index in [0.29, 0.717) is 5.76 Å². The Kier molecular flexibility index (Phi) is 3.84. The first-order chi connectivity index (χ1) is 9.76. The average molecular weight is 292 g/mol. The summed E-state index contributed by atoms with van der Waals surface area (Å²) >= 11 is 0. The summed E-state index contributed by atoms with van der Waals surface area (Å²) in [6.07, 6.45) is 2.85. The molecule has 2 rings (SSSR count). The summed E-state index contributed by atoms with van der Waals surface area (Å²) in [5.74, 6) is -0.815. The normalized spacial score (nSPS) is 17.3. The molecule has 0 aliphatic carbocycles. The standard InChI is InChI=1S/C14H16N2O5/c1-14(2,3)21-11(17)8-16-12(18)10(15-13(16)19)7-9-5-4-6-20-9/h4-7H,8H2,1-3H3,(H,15,19). The molecule has 112 valence electrons. The van der Waals surface area contributed by atoms with E-state index >= 15 is 0 Å². The minimum atomic E-state index is -0.677. The maximum Gasteiger partial charge on any atom is 0.329 e. The smallest absolute Gasteiger partial charge is 0.329 e. The third-order valence-corrected chi connectivity index (χ3v) is 2.50. The maximum atomic E-state index is 12.1. The molecule has 2 heterocycles. The van der Waals surface area contributed by atoms with Crippen molar-refractivity contribution in [2.24, 2.45) is 0 Å². The van der Waals surface area contributed by atoms with Crippen LogP contribution in [0.2, 0.25) is 0 Å². The molecule has 1 saturated heterocycles. The molecule has 0 bridgehead atoms. The van der Waals surface area contributed by atoms with Gasteiger partial charge in [0.2, 0.25) is 0 Å². The lowest BCUT2D eigenvalue weighted by Gasteiger charge is -2.21. The number of esters is 1. The van der Waals surface area contributed by atoms with Crippen molar-refractivity contribution in [2.45, 2.75) is 26.4 Å². The highest BCUT2D eigenvalue weighted by Gasteiger charge is 2.36. The van der Waals surface area contributed by atoms with Crippen LogP contribution in [0.1, 0.15) is 26.5 Å². The molecule has 0 atom stereocenters. The molecule has 0 saturated carbocycles. The van der Waals surface area contributed by atoms with Gasteiger partial charge in [-0.25, -0.2) is 9.69 Å². The van der Waals surface area contributed by atoms with E-state index in [4.69, 9.17) is 9.15 Å². The topological polar surface area (TPSA) is 88.8 Å². The molecule has 1 aliphatic rings. The molecule has 1 N–H and O–H groups in total. The first-order valence-electron chi connectivity index (χ1n) is 6.36. The fourth-order valence-electron chi connectivity index (χ4n) is 1.73. The number of carbonyl (C=O) groups excluding carboxylic acids is 3. The van der Waals surface area contributed by atoms with Crippen molar-refractivity contribution in [3.63, 3.8) is 0 Å². The second kappa shape index (κ2) is 5.43. The van der Waals surface area contributed by atoms with Gasteiger partial charge in [-0.2, -0.15) is 0 Å². The summed E-state index contributed by atoms with van der Waals surface area (Å²) in [5, 5.41) is 2.39. The van der Waals surface area contributed by atoms with Crippen LogP contribution in [0.4, 0.5) is 4.79 Å². The lowest BCUT2D eigenvalue weighted by Crippen LogP contribution is -2.38. The fraction of sp³-hybridized carbons (Fsp3) is 0.357. The van der Waals surface area contributed by atoms with E-state index in [1.165, 1.54) is 12.3 Å². The summed E-state index contributed by atoms with van der Waals surface area (Å²) in [4.78, 5) is 36.3. The Balaban J connectivity index is 2.07. The van der Waals surface area contributed by atoms with Gasteiger partial charge in [-0.3, -0.25) is 9.59 Å². The van der Waals surface area contributed by atoms with Gasteiger partial charge in [0.05, 0.1) is 6.26 Å². The van der Waals surface area contributed by atoms with E-state index in [1.807, 2.05) is 0 Å². The zero-order valence-electron chi connectivity index (χ0n) is 12.0. The van der Waals surface area contributed by atoms with Crippen LogP contribution in [0, 0.1) is 0 Å². The van der Waals surface area contributed by atoms with Crippen LogP contribution in [0.5, 0.6) is 0 Å². The summed E-state index contributed by atoms with van der Waals surface area (Å²) < 4.78 is 10.2. The second-order valence-electron chi connectivity index (χ2n) is 5.48. The molecule has 0 aromatic carbocycles. The van der Waals surface area contributed by atoms with Crippen molar-refractivity contribution in [1.29, 1.82) is 0 Å². The fourth-order valence-corrected chi connectivity index (χ4v) is 1.73. The van der Waals surface area contributed by atoms with Gasteiger partial charge in [0.25, 0.3) is 5.91 Å². The number of imide groups is 1. The highest BCUT2D eigenvalue weighted by Crippen LogP contribution is 2.15. The zero-order valence-corrected chi connectivity index (χ0v) is 12.0. The molecule has 3 amide bonds. The molecule has 1 aliphatic heterocycles. The van der Waals surface area contributed by atoms with Crippen LogP contribution < -0.4 is 5.32 Å². The highest BCUT2D eigenvalue weighted by molar-refractivity contribution is 6.15. The Morgan fingerprint density at radius 3 is 2.71 bits per heavy atom. The van der Waals surface area contributed by atoms with E-state index < -0.39 is 30.1 Å². The Morgan fingerprint density at radius 1 is 1.43 bits per heavy atom. The van der Waals surface area contributed by atoms with Crippen LogP contribution in [-0.4, -0.2) is 35.0 Å². The monoisotopic (exact) mass is 292 g/mol. The molecular formula is C14H16N2O5. The Hall–Kier alpha value is -2.57. The number of rotatable bonds is 3. The van der Waals surface area contributed by atoms with E-state index in [9.17, 15) is 14.4 Å². The number of furan rings is 1. The predicted molar refractivity (Wildman–Crippen MR) is 72.8 cm³/mol. The molecule has 0 spiro atoms. The van der Waals surface area contributed by atoms with E-state index in [1.54, 1.807) is 32.9 Å². The predicted octanol–water partition coefficient (Wildman–Crippen LogP) is 1.51. The van der Waals surface area contributed by atoms with Crippen molar-refractivity contribution in [1.82, 2.24) is 10.2 Å². The van der Waals surface area contributed by atoms with Gasteiger partial charge in [0.1, 0.15) is 23.6 Å². The van der Waals surface area contributed by atoms with E-state index in [0.717, 1.165) is 4.90 Å². The van der Waals surface area contributed by atoms with Crippen molar-refractivity contribution >= 4 is 24.0 Å². The minimum absolute atomic E-state index is 0.0542. The number of hydrogen-bond acceptors (Lipinski definition) is 5. The molecule has 0 unspecified atom stereocenters. The molecule has 0 radical (unpaired) electrons. The van der Waals surface area contributed by atoms with Crippen LogP contribution >= 0.6 is 0 Å². The van der Waals surface area contributed by atoms with Crippen LogP contribution in [0.15, 0.2) is 28.5 Å². The van der Waals surface area contributed by atoms with Gasteiger partial charge in [0.15, 0.2) is 0 Å². The van der Waals surface area contributed by atoms with Gasteiger partial charge < -0.3 is 14.5 Å². The molecule has 7 heteroatoms. The minimum Gasteiger partial charge on any atom is -0.465 e. The van der Waals surface area contributed by atoms with Gasteiger partial charge >= 0.3 is 12.0 Å². The van der Waals surface area contributed by atoms with Crippen molar-refractivity contribution in [2.75, 3.05) is 6.54 Å². The first-order valence-corrected chi connectivity index (χ1v) is 6.36. The summed E-state index contributed by atoms with van der Waals surface area (Å²) in [5.41, 5.74) is -0.623. The summed E-state index contributed by atoms with van der Waals surface area (Å²) in [6, 6.07) is 2.64. The highest BCUT2D eigenvalue weighted by atomic mass is 16.6. The van der Waals surface area contributed by atoms with Crippen molar-refractivity contribution < 1.29 is 23.5 Å². The van der Waals surface area contributed by atoms with Gasteiger partial charge in [-0.15, -0.1) is 0 Å². The molecule has 1 aromatic rings. The average Bonchev–Trinajstić information content (AvgIpc) is 2.92. The number of nitrogens with zero attached hydrogens (tertiary/aromatic N) is 1. The van der Waals surface area contributed by atoms with Crippen LogP contribution in [0.25, 0.3) is 6.08 Å². The third kappa shape index (κ3) is 3.71. The quantitative estimate of drug-likeness (QED) is 0.518. The molecule has 21 heavy (non-hydrogen) atoms. The van der Waals surface area contributed by atoms with Gasteiger partial charge in [-0.1, -0.05) is 0 Å².